The molecular formula is C25H23ClF3N5O3S. The average Bonchev–Trinajstić information content (AvgIpc) is 3.40. The van der Waals surface area contributed by atoms with E-state index < -0.39 is 28.4 Å². The summed E-state index contributed by atoms with van der Waals surface area (Å²) in [7, 11) is -1.73. The minimum Gasteiger partial charge on any atom is -0.395 e. The number of aliphatic imine (C=N–C) groups is 1. The molecule has 200 valence electrons. The number of carbonyl (C=O) groups is 1. The number of amides is 1. The Kier molecular flexibility index (Phi) is 7.40. The number of piperazine rings is 1. The van der Waals surface area contributed by atoms with Crippen LogP contribution in [0.1, 0.15) is 16.7 Å². The monoisotopic (exact) mass is 565 g/mol. The van der Waals surface area contributed by atoms with Gasteiger partial charge in [-0.3, -0.25) is 14.4 Å². The maximum Gasteiger partial charge on any atom is 0.416 e. The number of rotatable bonds is 5. The Morgan fingerprint density at radius 2 is 1.87 bits per heavy atom. The first-order chi connectivity index (χ1) is 18.1. The summed E-state index contributed by atoms with van der Waals surface area (Å²) in [6.45, 7) is 2.98. The van der Waals surface area contributed by atoms with E-state index in [9.17, 15) is 22.2 Å². The van der Waals surface area contributed by atoms with Gasteiger partial charge in [0.25, 0.3) is 5.91 Å². The second-order valence-corrected chi connectivity index (χ2v) is 10.7. The Bertz CT molecular complexity index is 1480. The van der Waals surface area contributed by atoms with Crippen LogP contribution in [-0.2, 0) is 28.3 Å². The highest BCUT2D eigenvalue weighted by Gasteiger charge is 2.35. The van der Waals surface area contributed by atoms with Gasteiger partial charge in [0.15, 0.2) is 0 Å². The molecule has 5 rings (SSSR count). The van der Waals surface area contributed by atoms with Crippen LogP contribution < -0.4 is 0 Å². The Balaban J connectivity index is 1.35. The van der Waals surface area contributed by atoms with Crippen molar-refractivity contribution in [2.24, 2.45) is 4.99 Å². The molecule has 1 atom stereocenters. The highest BCUT2D eigenvalue weighted by Crippen LogP contribution is 2.34. The predicted octanol–water partition coefficient (Wildman–Crippen LogP) is 3.35. The van der Waals surface area contributed by atoms with Crippen molar-refractivity contribution in [2.75, 3.05) is 39.3 Å². The fraction of sp³-hybridized carbons (Fsp3) is 0.320. The molecule has 0 aliphatic carbocycles. The molecule has 0 bridgehead atoms. The zero-order valence-electron chi connectivity index (χ0n) is 20.0. The third-order valence-electron chi connectivity index (χ3n) is 6.49. The second-order valence-electron chi connectivity index (χ2n) is 8.95. The van der Waals surface area contributed by atoms with E-state index in [4.69, 9.17) is 16.7 Å². The predicted molar refractivity (Wildman–Crippen MR) is 139 cm³/mol. The molecule has 0 saturated carbocycles. The Morgan fingerprint density at radius 1 is 1.11 bits per heavy atom. The lowest BCUT2D eigenvalue weighted by Crippen LogP contribution is -2.49. The molecule has 1 fully saturated rings. The highest BCUT2D eigenvalue weighted by molar-refractivity contribution is 8.05. The molecule has 0 radical (unpaired) electrons. The van der Waals surface area contributed by atoms with Crippen LogP contribution in [0.5, 0.6) is 0 Å². The van der Waals surface area contributed by atoms with Crippen molar-refractivity contribution >= 4 is 50.5 Å². The Labute approximate surface area is 223 Å². The summed E-state index contributed by atoms with van der Waals surface area (Å²) in [4.78, 5) is 20.6. The third-order valence-corrected chi connectivity index (χ3v) is 8.10. The fourth-order valence-electron chi connectivity index (χ4n) is 4.55. The van der Waals surface area contributed by atoms with Crippen molar-refractivity contribution in [3.8, 4) is 0 Å². The van der Waals surface area contributed by atoms with Gasteiger partial charge in [-0.15, -0.1) is 0 Å². The molecule has 1 saturated heterocycles. The molecule has 1 N–H and O–H groups in total. The van der Waals surface area contributed by atoms with Gasteiger partial charge >= 0.3 is 6.18 Å². The van der Waals surface area contributed by atoms with Crippen molar-refractivity contribution in [1.82, 2.24) is 19.6 Å². The first kappa shape index (κ1) is 26.5. The van der Waals surface area contributed by atoms with E-state index in [1.807, 2.05) is 4.90 Å². The van der Waals surface area contributed by atoms with Gasteiger partial charge in [-0.05, 0) is 41.5 Å². The molecule has 1 amide bonds. The number of carbonyl (C=O) groups excluding carboxylic acids is 1. The van der Waals surface area contributed by atoms with Gasteiger partial charge < -0.3 is 10.0 Å². The van der Waals surface area contributed by atoms with E-state index in [0.29, 0.717) is 49.2 Å². The van der Waals surface area contributed by atoms with Gasteiger partial charge in [-0.1, -0.05) is 23.7 Å². The summed E-state index contributed by atoms with van der Waals surface area (Å²) in [5.74, 6) is -0.561. The molecule has 1 unspecified atom stereocenters. The standard InChI is InChI=1S/C25H23ClF3N5O3S/c26-19-3-2-17(20(13-19)25(27,28)29)15-34-21-4-1-16(11-18(21)14-30-34)12-22-23(36)31-24(38(22)37)33-7-5-32(6-8-33)9-10-35/h1-4,11-14,35H,5-10,15H2. The maximum atomic E-state index is 13.5. The van der Waals surface area contributed by atoms with Gasteiger partial charge in [0.1, 0.15) is 15.7 Å². The number of benzene rings is 2. The van der Waals surface area contributed by atoms with Crippen LogP contribution >= 0.6 is 11.6 Å². The van der Waals surface area contributed by atoms with Gasteiger partial charge in [0.05, 0.1) is 30.4 Å². The Morgan fingerprint density at radius 3 is 2.58 bits per heavy atom. The maximum absolute atomic E-state index is 13.5. The molecule has 3 aromatic rings. The van der Waals surface area contributed by atoms with E-state index in [0.717, 1.165) is 6.07 Å². The topological polar surface area (TPSA) is 91.0 Å². The average molecular weight is 566 g/mol. The van der Waals surface area contributed by atoms with Crippen LogP contribution in [0.3, 0.4) is 0 Å². The number of nitrogens with zero attached hydrogens (tertiary/aromatic N) is 5. The lowest BCUT2D eigenvalue weighted by molar-refractivity contribution is -0.138. The molecule has 1 aromatic heterocycles. The smallest absolute Gasteiger partial charge is 0.395 e. The zero-order valence-corrected chi connectivity index (χ0v) is 21.6. The van der Waals surface area contributed by atoms with Crippen molar-refractivity contribution in [3.63, 3.8) is 0 Å². The number of hydrogen-bond acceptors (Lipinski definition) is 6. The van der Waals surface area contributed by atoms with Gasteiger partial charge in [0.2, 0.25) is 5.17 Å². The summed E-state index contributed by atoms with van der Waals surface area (Å²) in [6, 6.07) is 8.76. The van der Waals surface area contributed by atoms with Crippen LogP contribution in [-0.4, -0.2) is 79.3 Å². The van der Waals surface area contributed by atoms with Crippen LogP contribution in [0.15, 0.2) is 52.5 Å². The minimum absolute atomic E-state index is 0.000909. The molecule has 2 aromatic carbocycles. The quantitative estimate of drug-likeness (QED) is 0.477. The number of aromatic nitrogens is 2. The van der Waals surface area contributed by atoms with Gasteiger partial charge in [0, 0.05) is 43.1 Å². The van der Waals surface area contributed by atoms with Crippen molar-refractivity contribution in [2.45, 2.75) is 12.7 Å². The summed E-state index contributed by atoms with van der Waals surface area (Å²) >= 11 is 5.78. The van der Waals surface area contributed by atoms with Crippen LogP contribution in [0.25, 0.3) is 17.0 Å². The Hall–Kier alpha value is -3.06. The van der Waals surface area contributed by atoms with Gasteiger partial charge in [-0.2, -0.15) is 23.3 Å². The molecule has 13 heteroatoms. The minimum atomic E-state index is -4.56. The largest absolute Gasteiger partial charge is 0.416 e. The summed E-state index contributed by atoms with van der Waals surface area (Å²) in [6.07, 6.45) is -1.50. The summed E-state index contributed by atoms with van der Waals surface area (Å²) < 4.78 is 55.1. The number of hydrogen-bond donors (Lipinski definition) is 1. The van der Waals surface area contributed by atoms with Crippen LogP contribution in [0, 0.1) is 0 Å². The third kappa shape index (κ3) is 5.39. The molecule has 3 heterocycles. The van der Waals surface area contributed by atoms with Crippen molar-refractivity contribution in [1.29, 1.82) is 0 Å². The SMILES string of the molecule is O=C1N=C(N2CCN(CCO)CC2)S(=O)C1=Cc1ccc2c(cnn2Cc2ccc(Cl)cc2C(F)(F)F)c1. The van der Waals surface area contributed by atoms with Crippen molar-refractivity contribution in [3.05, 3.63) is 69.2 Å². The second kappa shape index (κ2) is 10.6. The van der Waals surface area contributed by atoms with E-state index >= 15 is 0 Å². The van der Waals surface area contributed by atoms with Crippen LogP contribution in [0.2, 0.25) is 5.02 Å². The van der Waals surface area contributed by atoms with Crippen molar-refractivity contribution < 1.29 is 27.3 Å². The van der Waals surface area contributed by atoms with E-state index in [-0.39, 0.29) is 33.8 Å². The number of alkyl halides is 3. The normalized spacial score (nSPS) is 20.1. The van der Waals surface area contributed by atoms with Crippen LogP contribution in [0.4, 0.5) is 13.2 Å². The number of aliphatic hydroxyl groups is 1. The number of amidine groups is 1. The molecule has 38 heavy (non-hydrogen) atoms. The lowest BCUT2D eigenvalue weighted by Gasteiger charge is -2.34. The summed E-state index contributed by atoms with van der Waals surface area (Å²) in [5.41, 5.74) is 0.419. The zero-order chi connectivity index (χ0) is 27.0. The molecule has 8 nitrogen and oxygen atoms in total. The van der Waals surface area contributed by atoms with Gasteiger partial charge in [-0.25, -0.2) is 4.21 Å². The number of fused-ring (bicyclic) bond motifs is 1. The molecule has 0 spiro atoms. The number of halogens is 4. The lowest BCUT2D eigenvalue weighted by atomic mass is 10.1. The highest BCUT2D eigenvalue weighted by atomic mass is 35.5. The summed E-state index contributed by atoms with van der Waals surface area (Å²) in [5, 5.41) is 14.2. The van der Waals surface area contributed by atoms with E-state index in [1.54, 1.807) is 18.2 Å². The number of aliphatic hydroxyl groups excluding tert-OH is 1. The number of β-amino-alcohol motifs (C(OH)–C–C–N with tert-alkyl or cyclic N) is 1. The van der Waals surface area contributed by atoms with E-state index in [1.165, 1.54) is 29.1 Å². The molecule has 2 aliphatic heterocycles. The fourth-order valence-corrected chi connectivity index (χ4v) is 5.95. The first-order valence-electron chi connectivity index (χ1n) is 11.8. The molecular weight excluding hydrogens is 543 g/mol. The first-order valence-corrected chi connectivity index (χ1v) is 13.3. The molecule has 2 aliphatic rings. The van der Waals surface area contributed by atoms with E-state index in [2.05, 4.69) is 15.0 Å².